The Morgan fingerprint density at radius 2 is 2.10 bits per heavy atom. The molecule has 2 aromatic heterocycles. The molecule has 12 heteroatoms. The second kappa shape index (κ2) is 10.1. The van der Waals surface area contributed by atoms with Crippen LogP contribution in [0.5, 0.6) is 0 Å². The summed E-state index contributed by atoms with van der Waals surface area (Å²) in [5.41, 5.74) is 0. The van der Waals surface area contributed by atoms with Gasteiger partial charge >= 0.3 is 12.1 Å². The lowest BCUT2D eigenvalue weighted by atomic mass is 10.2. The van der Waals surface area contributed by atoms with Crippen molar-refractivity contribution in [1.82, 2.24) is 19.9 Å². The molecule has 0 amide bonds. The van der Waals surface area contributed by atoms with Crippen LogP contribution in [0.25, 0.3) is 0 Å². The molecule has 1 atom stereocenters. The third-order valence-electron chi connectivity index (χ3n) is 4.54. The number of thiazole rings is 1. The van der Waals surface area contributed by atoms with Gasteiger partial charge in [-0.2, -0.15) is 13.2 Å². The molecule has 0 bridgehead atoms. The van der Waals surface area contributed by atoms with Crippen molar-refractivity contribution in [3.8, 4) is 0 Å². The Balaban J connectivity index is 0.000000318. The minimum atomic E-state index is -5.08. The minimum Gasteiger partial charge on any atom is -0.475 e. The van der Waals surface area contributed by atoms with Gasteiger partial charge in [0.25, 0.3) is 0 Å². The molecule has 1 saturated heterocycles. The zero-order valence-corrected chi connectivity index (χ0v) is 16.8. The fourth-order valence-electron chi connectivity index (χ4n) is 2.77. The number of morpholine rings is 1. The highest BCUT2D eigenvalue weighted by molar-refractivity contribution is 7.09. The summed E-state index contributed by atoms with van der Waals surface area (Å²) >= 11 is 1.69. The van der Waals surface area contributed by atoms with Crippen LogP contribution in [0.2, 0.25) is 0 Å². The molecule has 0 spiro atoms. The van der Waals surface area contributed by atoms with Crippen molar-refractivity contribution < 1.29 is 27.8 Å². The van der Waals surface area contributed by atoms with Gasteiger partial charge in [-0.25, -0.2) is 19.7 Å². The van der Waals surface area contributed by atoms with Gasteiger partial charge in [-0.1, -0.05) is 0 Å². The normalized spacial score (nSPS) is 19.6. The van der Waals surface area contributed by atoms with E-state index in [1.807, 2.05) is 23.8 Å². The first-order valence-corrected chi connectivity index (χ1v) is 10.3. The smallest absolute Gasteiger partial charge is 0.475 e. The van der Waals surface area contributed by atoms with Crippen molar-refractivity contribution in [2.75, 3.05) is 31.6 Å². The lowest BCUT2D eigenvalue weighted by Crippen LogP contribution is -2.39. The highest BCUT2D eigenvalue weighted by Gasteiger charge is 2.38. The Hall–Kier alpha value is -2.31. The fourth-order valence-corrected chi connectivity index (χ4v) is 3.41. The average molecular weight is 445 g/mol. The number of aliphatic carboxylic acids is 1. The van der Waals surface area contributed by atoms with Gasteiger partial charge in [0.2, 0.25) is 0 Å². The van der Waals surface area contributed by atoms with E-state index < -0.39 is 12.1 Å². The summed E-state index contributed by atoms with van der Waals surface area (Å²) in [4.78, 5) is 24.9. The second-order valence-electron chi connectivity index (χ2n) is 6.91. The summed E-state index contributed by atoms with van der Waals surface area (Å²) in [6.45, 7) is 4.11. The molecule has 1 aliphatic heterocycles. The Morgan fingerprint density at radius 3 is 2.73 bits per heavy atom. The number of alkyl halides is 3. The number of aromatic nitrogens is 3. The van der Waals surface area contributed by atoms with Crippen LogP contribution in [0.1, 0.15) is 29.7 Å². The SMILES string of the molecule is O=C(O)C(F)(F)F.c1cc(NCC2CC2)nc(C2COCCN2Cc2nccs2)n1. The standard InChI is InChI=1S/C16H21N5OS.C2HF3O2/c1-2-12(1)9-19-14-3-4-18-16(20-14)13-11-22-7-6-21(13)10-15-17-5-8-23-15;3-2(4,5)1(6)7/h3-5,8,12-13H,1-2,6-7,9-11H2,(H,18,19,20);(H,6,7). The largest absolute Gasteiger partial charge is 0.490 e. The highest BCUT2D eigenvalue weighted by Crippen LogP contribution is 2.29. The molecule has 30 heavy (non-hydrogen) atoms. The molecule has 2 aromatic rings. The molecule has 164 valence electrons. The number of halogens is 3. The van der Waals surface area contributed by atoms with Gasteiger partial charge in [-0.05, 0) is 24.8 Å². The number of carboxylic acids is 1. The third-order valence-corrected chi connectivity index (χ3v) is 5.31. The molecule has 0 aromatic carbocycles. The number of anilines is 1. The van der Waals surface area contributed by atoms with E-state index in [9.17, 15) is 13.2 Å². The summed E-state index contributed by atoms with van der Waals surface area (Å²) in [7, 11) is 0. The number of hydrogen-bond acceptors (Lipinski definition) is 8. The minimum absolute atomic E-state index is 0.0929. The average Bonchev–Trinajstić information content (AvgIpc) is 3.41. The molecule has 4 rings (SSSR count). The van der Waals surface area contributed by atoms with Gasteiger partial charge in [0.15, 0.2) is 0 Å². The Kier molecular flexibility index (Phi) is 7.56. The Bertz CT molecular complexity index is 818. The van der Waals surface area contributed by atoms with Gasteiger partial charge in [0, 0.05) is 30.9 Å². The van der Waals surface area contributed by atoms with Gasteiger partial charge in [-0.15, -0.1) is 11.3 Å². The monoisotopic (exact) mass is 445 g/mol. The number of nitrogens with one attached hydrogen (secondary N) is 1. The van der Waals surface area contributed by atoms with Crippen LogP contribution in [0.3, 0.4) is 0 Å². The van der Waals surface area contributed by atoms with Crippen molar-refractivity contribution >= 4 is 23.1 Å². The van der Waals surface area contributed by atoms with E-state index >= 15 is 0 Å². The number of rotatable bonds is 6. The first-order chi connectivity index (χ1) is 14.3. The molecule has 3 heterocycles. The van der Waals surface area contributed by atoms with Crippen LogP contribution in [0.4, 0.5) is 19.0 Å². The van der Waals surface area contributed by atoms with E-state index in [1.54, 1.807) is 11.3 Å². The number of nitrogens with zero attached hydrogens (tertiary/aromatic N) is 4. The van der Waals surface area contributed by atoms with Crippen molar-refractivity contribution in [1.29, 1.82) is 0 Å². The van der Waals surface area contributed by atoms with E-state index in [1.165, 1.54) is 12.8 Å². The van der Waals surface area contributed by atoms with Crippen LogP contribution < -0.4 is 5.32 Å². The zero-order chi connectivity index (χ0) is 21.6. The second-order valence-corrected chi connectivity index (χ2v) is 7.89. The first kappa shape index (κ1) is 22.4. The molecule has 1 unspecified atom stereocenters. The van der Waals surface area contributed by atoms with E-state index in [2.05, 4.69) is 20.2 Å². The van der Waals surface area contributed by atoms with E-state index in [0.29, 0.717) is 6.61 Å². The van der Waals surface area contributed by atoms with E-state index in [-0.39, 0.29) is 6.04 Å². The van der Waals surface area contributed by atoms with Gasteiger partial charge in [-0.3, -0.25) is 4.90 Å². The maximum Gasteiger partial charge on any atom is 0.490 e. The molecule has 2 N–H and O–H groups in total. The van der Waals surface area contributed by atoms with Crippen LogP contribution >= 0.6 is 11.3 Å². The number of carboxylic acid groups (broad SMARTS) is 1. The summed E-state index contributed by atoms with van der Waals surface area (Å²) in [5.74, 6) is -0.177. The van der Waals surface area contributed by atoms with Gasteiger partial charge in [0.1, 0.15) is 16.6 Å². The molecular formula is C18H22F3N5O3S. The molecular weight excluding hydrogens is 423 g/mol. The molecule has 1 aliphatic carbocycles. The van der Waals surface area contributed by atoms with Gasteiger partial charge in [0.05, 0.1) is 25.8 Å². The fraction of sp³-hybridized carbons (Fsp3) is 0.556. The molecule has 1 saturated carbocycles. The van der Waals surface area contributed by atoms with E-state index in [4.69, 9.17) is 19.6 Å². The first-order valence-electron chi connectivity index (χ1n) is 9.40. The third kappa shape index (κ3) is 6.89. The molecule has 8 nitrogen and oxygen atoms in total. The predicted octanol–water partition coefficient (Wildman–Crippen LogP) is 2.96. The quantitative estimate of drug-likeness (QED) is 0.700. The molecule has 0 radical (unpaired) electrons. The van der Waals surface area contributed by atoms with Crippen molar-refractivity contribution in [3.63, 3.8) is 0 Å². The number of hydrogen-bond donors (Lipinski definition) is 2. The van der Waals surface area contributed by atoms with Crippen molar-refractivity contribution in [2.45, 2.75) is 31.6 Å². The number of ether oxygens (including phenoxy) is 1. The lowest BCUT2D eigenvalue weighted by Gasteiger charge is -2.33. The topological polar surface area (TPSA) is 100 Å². The Morgan fingerprint density at radius 1 is 1.33 bits per heavy atom. The number of carbonyl (C=O) groups is 1. The maximum atomic E-state index is 10.6. The molecule has 2 fully saturated rings. The van der Waals surface area contributed by atoms with Gasteiger partial charge < -0.3 is 15.2 Å². The summed E-state index contributed by atoms with van der Waals surface area (Å²) < 4.78 is 37.4. The van der Waals surface area contributed by atoms with E-state index in [0.717, 1.165) is 48.8 Å². The Labute approximate surface area is 175 Å². The lowest BCUT2D eigenvalue weighted by molar-refractivity contribution is -0.192. The van der Waals surface area contributed by atoms with Crippen LogP contribution in [0, 0.1) is 5.92 Å². The predicted molar refractivity (Wildman–Crippen MR) is 103 cm³/mol. The summed E-state index contributed by atoms with van der Waals surface area (Å²) in [6, 6.07) is 2.04. The maximum absolute atomic E-state index is 10.6. The molecule has 2 aliphatic rings. The summed E-state index contributed by atoms with van der Waals surface area (Å²) in [6.07, 6.45) is 1.29. The van der Waals surface area contributed by atoms with Crippen LogP contribution in [-0.2, 0) is 16.1 Å². The summed E-state index contributed by atoms with van der Waals surface area (Å²) in [5, 5.41) is 13.7. The van der Waals surface area contributed by atoms with Crippen LogP contribution in [-0.4, -0.2) is 63.4 Å². The highest BCUT2D eigenvalue weighted by atomic mass is 32.1. The van der Waals surface area contributed by atoms with Crippen LogP contribution in [0.15, 0.2) is 23.8 Å². The zero-order valence-electron chi connectivity index (χ0n) is 16.0. The van der Waals surface area contributed by atoms with Crippen molar-refractivity contribution in [2.24, 2.45) is 5.92 Å². The van der Waals surface area contributed by atoms with Crippen molar-refractivity contribution in [3.05, 3.63) is 34.7 Å².